The van der Waals surface area contributed by atoms with E-state index in [0.29, 0.717) is 12.3 Å². The molecule has 1 aliphatic rings. The predicted octanol–water partition coefficient (Wildman–Crippen LogP) is 3.30. The number of benzene rings is 1. The molecule has 98 valence electrons. The third-order valence-corrected chi connectivity index (χ3v) is 4.09. The van der Waals surface area contributed by atoms with E-state index in [2.05, 4.69) is 0 Å². The van der Waals surface area contributed by atoms with Gasteiger partial charge in [0.05, 0.1) is 11.3 Å². The van der Waals surface area contributed by atoms with Crippen molar-refractivity contribution in [3.05, 3.63) is 35.4 Å². The van der Waals surface area contributed by atoms with Gasteiger partial charge >= 0.3 is 6.18 Å². The fraction of sp³-hybridized carbons (Fsp3) is 0.417. The Morgan fingerprint density at radius 2 is 1.94 bits per heavy atom. The number of thioether (sulfide) groups is 1. The Balaban J connectivity index is 2.22. The zero-order valence-electron chi connectivity index (χ0n) is 9.70. The summed E-state index contributed by atoms with van der Waals surface area (Å²) in [6.45, 7) is 2.43. The first kappa shape index (κ1) is 13.3. The van der Waals surface area contributed by atoms with Crippen LogP contribution >= 0.6 is 11.8 Å². The molecule has 0 aromatic heterocycles. The summed E-state index contributed by atoms with van der Waals surface area (Å²) in [5, 5.41) is -0.162. The van der Waals surface area contributed by atoms with Crippen LogP contribution < -0.4 is 0 Å². The number of carbonyl (C=O) groups excluding carboxylic acids is 1. The summed E-state index contributed by atoms with van der Waals surface area (Å²) < 4.78 is 37.3. The average Bonchev–Trinajstić information content (AvgIpc) is 2.69. The highest BCUT2D eigenvalue weighted by molar-refractivity contribution is 8.00. The lowest BCUT2D eigenvalue weighted by atomic mass is 10.1. The Kier molecular flexibility index (Phi) is 3.56. The molecule has 1 heterocycles. The van der Waals surface area contributed by atoms with E-state index in [0.717, 1.165) is 17.7 Å². The van der Waals surface area contributed by atoms with Gasteiger partial charge in [0.25, 0.3) is 0 Å². The van der Waals surface area contributed by atoms with Gasteiger partial charge in [0.1, 0.15) is 5.37 Å². The van der Waals surface area contributed by atoms with Gasteiger partial charge in [0, 0.05) is 6.54 Å². The normalized spacial score (nSPS) is 20.6. The number of nitrogens with zero attached hydrogens (tertiary/aromatic N) is 1. The van der Waals surface area contributed by atoms with Crippen molar-refractivity contribution in [2.75, 3.05) is 12.3 Å². The standard InChI is InChI=1S/C12H12F3NOS/c1-2-16-10(17)7-18-11(16)8-3-5-9(6-4-8)12(13,14)15/h3-6,11H,2,7H2,1H3. The molecule has 0 saturated carbocycles. The van der Waals surface area contributed by atoms with Crippen molar-refractivity contribution in [3.63, 3.8) is 0 Å². The van der Waals surface area contributed by atoms with Crippen LogP contribution in [0.2, 0.25) is 0 Å². The predicted molar refractivity (Wildman–Crippen MR) is 64.0 cm³/mol. The lowest BCUT2D eigenvalue weighted by Gasteiger charge is -2.22. The van der Waals surface area contributed by atoms with Gasteiger partial charge in [-0.25, -0.2) is 0 Å². The van der Waals surface area contributed by atoms with E-state index < -0.39 is 11.7 Å². The van der Waals surface area contributed by atoms with Crippen molar-refractivity contribution in [1.29, 1.82) is 0 Å². The molecule has 1 aromatic rings. The van der Waals surface area contributed by atoms with Crippen LogP contribution in [-0.2, 0) is 11.0 Å². The van der Waals surface area contributed by atoms with Crippen LogP contribution in [0.1, 0.15) is 23.4 Å². The minimum atomic E-state index is -4.32. The Bertz CT molecular complexity index is 444. The molecule has 1 atom stereocenters. The number of amides is 1. The molecule has 0 radical (unpaired) electrons. The molecule has 0 spiro atoms. The molecule has 1 unspecified atom stereocenters. The highest BCUT2D eigenvalue weighted by atomic mass is 32.2. The summed E-state index contributed by atoms with van der Waals surface area (Å²) >= 11 is 1.44. The van der Waals surface area contributed by atoms with Gasteiger partial charge in [-0.15, -0.1) is 11.8 Å². The number of halogens is 3. The second-order valence-electron chi connectivity index (χ2n) is 3.96. The second kappa shape index (κ2) is 4.84. The summed E-state index contributed by atoms with van der Waals surface area (Å²) in [4.78, 5) is 13.2. The van der Waals surface area contributed by atoms with Crippen molar-refractivity contribution in [2.24, 2.45) is 0 Å². The van der Waals surface area contributed by atoms with E-state index in [-0.39, 0.29) is 11.3 Å². The van der Waals surface area contributed by atoms with Gasteiger partial charge in [0.15, 0.2) is 0 Å². The first-order chi connectivity index (χ1) is 8.43. The summed E-state index contributed by atoms with van der Waals surface area (Å²) in [5.41, 5.74) is 0.0734. The van der Waals surface area contributed by atoms with Crippen LogP contribution in [-0.4, -0.2) is 23.1 Å². The second-order valence-corrected chi connectivity index (χ2v) is 5.03. The molecular weight excluding hydrogens is 263 g/mol. The fourth-order valence-electron chi connectivity index (χ4n) is 1.91. The van der Waals surface area contributed by atoms with E-state index in [1.807, 2.05) is 6.92 Å². The molecule has 2 rings (SSSR count). The molecule has 0 bridgehead atoms. The summed E-state index contributed by atoms with van der Waals surface area (Å²) in [6.07, 6.45) is -4.32. The minimum absolute atomic E-state index is 0.0346. The Morgan fingerprint density at radius 3 is 2.44 bits per heavy atom. The zero-order chi connectivity index (χ0) is 13.3. The lowest BCUT2D eigenvalue weighted by molar-refractivity contribution is -0.137. The summed E-state index contributed by atoms with van der Waals surface area (Å²) in [5.74, 6) is 0.423. The van der Waals surface area contributed by atoms with E-state index in [1.165, 1.54) is 23.9 Å². The van der Waals surface area contributed by atoms with Crippen molar-refractivity contribution < 1.29 is 18.0 Å². The molecule has 1 amide bonds. The maximum absolute atomic E-state index is 12.4. The molecule has 1 aliphatic heterocycles. The highest BCUT2D eigenvalue weighted by Gasteiger charge is 2.33. The van der Waals surface area contributed by atoms with Crippen LogP contribution in [0.5, 0.6) is 0 Å². The van der Waals surface area contributed by atoms with Gasteiger partial charge in [-0.05, 0) is 24.6 Å². The van der Waals surface area contributed by atoms with Crippen LogP contribution in [0.3, 0.4) is 0 Å². The van der Waals surface area contributed by atoms with E-state index in [4.69, 9.17) is 0 Å². The van der Waals surface area contributed by atoms with Crippen molar-refractivity contribution in [3.8, 4) is 0 Å². The number of hydrogen-bond donors (Lipinski definition) is 0. The molecular formula is C12H12F3NOS. The van der Waals surface area contributed by atoms with Gasteiger partial charge in [0.2, 0.25) is 5.91 Å². The Hall–Kier alpha value is -1.17. The van der Waals surface area contributed by atoms with Gasteiger partial charge in [-0.3, -0.25) is 4.79 Å². The maximum Gasteiger partial charge on any atom is 0.416 e. The number of hydrogen-bond acceptors (Lipinski definition) is 2. The third-order valence-electron chi connectivity index (χ3n) is 2.83. The van der Waals surface area contributed by atoms with Crippen LogP contribution in [0.4, 0.5) is 13.2 Å². The zero-order valence-corrected chi connectivity index (χ0v) is 10.5. The van der Waals surface area contributed by atoms with Gasteiger partial charge in [-0.2, -0.15) is 13.2 Å². The molecule has 18 heavy (non-hydrogen) atoms. The van der Waals surface area contributed by atoms with Crippen molar-refractivity contribution in [1.82, 2.24) is 4.90 Å². The molecule has 0 N–H and O–H groups in total. The smallest absolute Gasteiger partial charge is 0.326 e. The Labute approximate surface area is 107 Å². The number of rotatable bonds is 2. The lowest BCUT2D eigenvalue weighted by Crippen LogP contribution is -2.27. The fourth-order valence-corrected chi connectivity index (χ4v) is 3.17. The first-order valence-corrected chi connectivity index (χ1v) is 6.56. The topological polar surface area (TPSA) is 20.3 Å². The highest BCUT2D eigenvalue weighted by Crippen LogP contribution is 2.39. The monoisotopic (exact) mass is 275 g/mol. The maximum atomic E-state index is 12.4. The first-order valence-electron chi connectivity index (χ1n) is 5.51. The van der Waals surface area contributed by atoms with Crippen LogP contribution in [0, 0.1) is 0 Å². The van der Waals surface area contributed by atoms with E-state index >= 15 is 0 Å². The quantitative estimate of drug-likeness (QED) is 0.825. The van der Waals surface area contributed by atoms with E-state index in [1.54, 1.807) is 4.90 Å². The third kappa shape index (κ3) is 2.48. The van der Waals surface area contributed by atoms with Crippen LogP contribution in [0.25, 0.3) is 0 Å². The molecule has 1 aromatic carbocycles. The van der Waals surface area contributed by atoms with E-state index in [9.17, 15) is 18.0 Å². The molecule has 2 nitrogen and oxygen atoms in total. The molecule has 6 heteroatoms. The number of carbonyl (C=O) groups is 1. The molecule has 1 saturated heterocycles. The summed E-state index contributed by atoms with van der Waals surface area (Å²) in [6, 6.07) is 5.02. The molecule has 1 fully saturated rings. The molecule has 0 aliphatic carbocycles. The van der Waals surface area contributed by atoms with Gasteiger partial charge in [-0.1, -0.05) is 12.1 Å². The SMILES string of the molecule is CCN1C(=O)CSC1c1ccc(C(F)(F)F)cc1. The van der Waals surface area contributed by atoms with Gasteiger partial charge < -0.3 is 4.90 Å². The Morgan fingerprint density at radius 1 is 1.33 bits per heavy atom. The van der Waals surface area contributed by atoms with Crippen molar-refractivity contribution >= 4 is 17.7 Å². The number of alkyl halides is 3. The minimum Gasteiger partial charge on any atom is -0.326 e. The van der Waals surface area contributed by atoms with Crippen LogP contribution in [0.15, 0.2) is 24.3 Å². The largest absolute Gasteiger partial charge is 0.416 e. The summed E-state index contributed by atoms with van der Waals surface area (Å²) in [7, 11) is 0. The van der Waals surface area contributed by atoms with Crippen molar-refractivity contribution in [2.45, 2.75) is 18.5 Å². The average molecular weight is 275 g/mol.